The predicted octanol–water partition coefficient (Wildman–Crippen LogP) is 1.90. The van der Waals surface area contributed by atoms with Gasteiger partial charge in [0.2, 0.25) is 0 Å². The fourth-order valence-electron chi connectivity index (χ4n) is 0.705. The Morgan fingerprint density at radius 2 is 2.40 bits per heavy atom. The van der Waals surface area contributed by atoms with Crippen LogP contribution in [0.3, 0.4) is 0 Å². The van der Waals surface area contributed by atoms with E-state index in [1.54, 1.807) is 13.1 Å². The number of aromatic nitrogens is 1. The summed E-state index contributed by atoms with van der Waals surface area (Å²) in [4.78, 5) is 3.98. The Hall–Kier alpha value is -0.410. The fraction of sp³-hybridized carbons (Fsp3) is 0.286. The SMILES string of the molecule is C[C@@H](O)c1ncccc1Br. The molecule has 0 amide bonds. The Bertz CT molecular complexity index is 225. The van der Waals surface area contributed by atoms with Crippen LogP contribution >= 0.6 is 15.9 Å². The van der Waals surface area contributed by atoms with E-state index in [1.165, 1.54) is 0 Å². The van der Waals surface area contributed by atoms with E-state index in [4.69, 9.17) is 5.11 Å². The first kappa shape index (κ1) is 7.69. The molecule has 0 radical (unpaired) electrons. The number of rotatable bonds is 1. The summed E-state index contributed by atoms with van der Waals surface area (Å²) in [7, 11) is 0. The number of nitrogens with zero attached hydrogens (tertiary/aromatic N) is 1. The molecule has 1 N–H and O–H groups in total. The lowest BCUT2D eigenvalue weighted by molar-refractivity contribution is 0.193. The highest BCUT2D eigenvalue weighted by molar-refractivity contribution is 9.10. The summed E-state index contributed by atoms with van der Waals surface area (Å²) in [5.74, 6) is 0. The summed E-state index contributed by atoms with van der Waals surface area (Å²) in [6.07, 6.45) is 1.16. The van der Waals surface area contributed by atoms with Crippen LogP contribution in [0.4, 0.5) is 0 Å². The van der Waals surface area contributed by atoms with E-state index in [-0.39, 0.29) is 0 Å². The van der Waals surface area contributed by atoms with Crippen LogP contribution in [-0.4, -0.2) is 10.1 Å². The molecule has 0 unspecified atom stereocenters. The zero-order chi connectivity index (χ0) is 7.56. The molecule has 0 bridgehead atoms. The number of halogens is 1. The Balaban J connectivity index is 3.03. The van der Waals surface area contributed by atoms with Gasteiger partial charge in [-0.15, -0.1) is 0 Å². The maximum Gasteiger partial charge on any atom is 0.0943 e. The van der Waals surface area contributed by atoms with Crippen LogP contribution in [0.5, 0.6) is 0 Å². The van der Waals surface area contributed by atoms with Gasteiger partial charge in [-0.1, -0.05) is 0 Å². The lowest BCUT2D eigenvalue weighted by Gasteiger charge is -2.03. The van der Waals surface area contributed by atoms with Crippen molar-refractivity contribution in [2.75, 3.05) is 0 Å². The third-order valence-electron chi connectivity index (χ3n) is 1.18. The molecule has 0 spiro atoms. The summed E-state index contributed by atoms with van der Waals surface area (Å²) in [6, 6.07) is 3.67. The van der Waals surface area contributed by atoms with Gasteiger partial charge in [0.15, 0.2) is 0 Å². The van der Waals surface area contributed by atoms with Gasteiger partial charge in [0.05, 0.1) is 11.8 Å². The van der Waals surface area contributed by atoms with Crippen LogP contribution in [0.15, 0.2) is 22.8 Å². The molecule has 0 aliphatic rings. The highest BCUT2D eigenvalue weighted by Crippen LogP contribution is 2.19. The van der Waals surface area contributed by atoms with Crippen molar-refractivity contribution in [1.82, 2.24) is 4.98 Å². The second kappa shape index (κ2) is 3.12. The lowest BCUT2D eigenvalue weighted by atomic mass is 10.2. The number of aliphatic hydroxyl groups excluding tert-OH is 1. The highest BCUT2D eigenvalue weighted by Gasteiger charge is 2.04. The van der Waals surface area contributed by atoms with Crippen molar-refractivity contribution in [1.29, 1.82) is 0 Å². The molecule has 1 aromatic rings. The smallest absolute Gasteiger partial charge is 0.0943 e. The molecule has 1 heterocycles. The predicted molar refractivity (Wildman–Crippen MR) is 42.6 cm³/mol. The zero-order valence-corrected chi connectivity index (χ0v) is 7.17. The molecule has 0 saturated heterocycles. The lowest BCUT2D eigenvalue weighted by Crippen LogP contribution is -1.95. The van der Waals surface area contributed by atoms with Crippen LogP contribution in [0.2, 0.25) is 0 Å². The van der Waals surface area contributed by atoms with Crippen molar-refractivity contribution in [2.45, 2.75) is 13.0 Å². The molecule has 3 heteroatoms. The Kier molecular flexibility index (Phi) is 2.40. The fourth-order valence-corrected chi connectivity index (χ4v) is 1.29. The maximum absolute atomic E-state index is 9.11. The topological polar surface area (TPSA) is 33.1 Å². The number of hydrogen-bond donors (Lipinski definition) is 1. The Morgan fingerprint density at radius 1 is 1.70 bits per heavy atom. The van der Waals surface area contributed by atoms with Crippen molar-refractivity contribution in [3.05, 3.63) is 28.5 Å². The van der Waals surface area contributed by atoms with Crippen LogP contribution in [0.25, 0.3) is 0 Å². The Morgan fingerprint density at radius 3 is 2.80 bits per heavy atom. The van der Waals surface area contributed by atoms with Crippen molar-refractivity contribution >= 4 is 15.9 Å². The first-order chi connectivity index (χ1) is 4.72. The molecule has 0 aliphatic carbocycles. The molecule has 54 valence electrons. The van der Waals surface area contributed by atoms with E-state index >= 15 is 0 Å². The zero-order valence-electron chi connectivity index (χ0n) is 5.58. The second-order valence-corrected chi connectivity index (χ2v) is 2.90. The summed E-state index contributed by atoms with van der Waals surface area (Å²) in [6.45, 7) is 1.69. The van der Waals surface area contributed by atoms with Gasteiger partial charge in [-0.3, -0.25) is 4.98 Å². The third kappa shape index (κ3) is 1.55. The van der Waals surface area contributed by atoms with E-state index in [9.17, 15) is 0 Å². The average Bonchev–Trinajstić information content (AvgIpc) is 1.88. The Labute approximate surface area is 68.0 Å². The van der Waals surface area contributed by atoms with E-state index in [2.05, 4.69) is 20.9 Å². The normalized spacial score (nSPS) is 13.1. The summed E-state index contributed by atoms with van der Waals surface area (Å²) >= 11 is 3.27. The maximum atomic E-state index is 9.11. The first-order valence-corrected chi connectivity index (χ1v) is 3.79. The van der Waals surface area contributed by atoms with Crippen LogP contribution in [0.1, 0.15) is 18.7 Å². The van der Waals surface area contributed by atoms with Crippen LogP contribution in [0, 0.1) is 0 Å². The van der Waals surface area contributed by atoms with Gasteiger partial charge >= 0.3 is 0 Å². The summed E-state index contributed by atoms with van der Waals surface area (Å²) in [5, 5.41) is 9.11. The molecule has 1 atom stereocenters. The molecule has 1 rings (SSSR count). The summed E-state index contributed by atoms with van der Waals surface area (Å²) in [5.41, 5.74) is 0.683. The quantitative estimate of drug-likeness (QED) is 0.754. The highest BCUT2D eigenvalue weighted by atomic mass is 79.9. The van der Waals surface area contributed by atoms with Crippen molar-refractivity contribution < 1.29 is 5.11 Å². The molecule has 0 aliphatic heterocycles. The van der Waals surface area contributed by atoms with E-state index in [0.29, 0.717) is 5.69 Å². The average molecular weight is 202 g/mol. The van der Waals surface area contributed by atoms with Gasteiger partial charge < -0.3 is 5.11 Å². The standard InChI is InChI=1S/C7H8BrNO/c1-5(10)7-6(8)3-2-4-9-7/h2-5,10H,1H3/t5-/m1/s1. The first-order valence-electron chi connectivity index (χ1n) is 3.00. The molecule has 0 fully saturated rings. The third-order valence-corrected chi connectivity index (χ3v) is 1.85. The number of pyridine rings is 1. The van der Waals surface area contributed by atoms with Gasteiger partial charge in [-0.05, 0) is 35.0 Å². The van der Waals surface area contributed by atoms with Gasteiger partial charge in [-0.25, -0.2) is 0 Å². The van der Waals surface area contributed by atoms with Crippen molar-refractivity contribution in [3.63, 3.8) is 0 Å². The minimum atomic E-state index is -0.504. The molecular weight excluding hydrogens is 194 g/mol. The van der Waals surface area contributed by atoms with E-state index in [1.807, 2.05) is 12.1 Å². The molecule has 10 heavy (non-hydrogen) atoms. The summed E-state index contributed by atoms with van der Waals surface area (Å²) < 4.78 is 0.852. The van der Waals surface area contributed by atoms with Crippen LogP contribution < -0.4 is 0 Å². The molecule has 1 aromatic heterocycles. The molecule has 0 saturated carbocycles. The van der Waals surface area contributed by atoms with Crippen molar-refractivity contribution in [3.8, 4) is 0 Å². The molecule has 2 nitrogen and oxygen atoms in total. The minimum Gasteiger partial charge on any atom is -0.387 e. The monoisotopic (exact) mass is 201 g/mol. The molecular formula is C7H8BrNO. The van der Waals surface area contributed by atoms with Crippen molar-refractivity contribution in [2.24, 2.45) is 0 Å². The van der Waals surface area contributed by atoms with E-state index in [0.717, 1.165) is 4.47 Å². The van der Waals surface area contributed by atoms with Gasteiger partial charge in [0, 0.05) is 10.7 Å². The minimum absolute atomic E-state index is 0.504. The second-order valence-electron chi connectivity index (χ2n) is 2.05. The number of hydrogen-bond acceptors (Lipinski definition) is 2. The molecule has 0 aromatic carbocycles. The van der Waals surface area contributed by atoms with Crippen LogP contribution in [-0.2, 0) is 0 Å². The van der Waals surface area contributed by atoms with Gasteiger partial charge in [0.1, 0.15) is 0 Å². The van der Waals surface area contributed by atoms with Gasteiger partial charge in [-0.2, -0.15) is 0 Å². The van der Waals surface area contributed by atoms with Gasteiger partial charge in [0.25, 0.3) is 0 Å². The largest absolute Gasteiger partial charge is 0.387 e. The number of aliphatic hydroxyl groups is 1. The van der Waals surface area contributed by atoms with E-state index < -0.39 is 6.10 Å².